The molecule has 0 bridgehead atoms. The molecule has 0 saturated carbocycles. The number of hydrogen-bond donors (Lipinski definition) is 1. The topological polar surface area (TPSA) is 46.9 Å². The summed E-state index contributed by atoms with van der Waals surface area (Å²) in [7, 11) is 0. The molecular formula is C14H13Cl2N3O. The molecule has 20 heavy (non-hydrogen) atoms. The van der Waals surface area contributed by atoms with Gasteiger partial charge in [0, 0.05) is 35.8 Å². The Kier molecular flexibility index (Phi) is 3.68. The van der Waals surface area contributed by atoms with Gasteiger partial charge in [-0.1, -0.05) is 23.2 Å². The minimum Gasteiger partial charge on any atom is -0.335 e. The molecule has 1 aromatic heterocycles. The van der Waals surface area contributed by atoms with E-state index in [1.54, 1.807) is 24.5 Å². The van der Waals surface area contributed by atoms with Gasteiger partial charge in [0.25, 0.3) is 0 Å². The molecule has 0 radical (unpaired) electrons. The van der Waals surface area contributed by atoms with E-state index in [2.05, 4.69) is 14.9 Å². The molecule has 1 aliphatic heterocycles. The first-order valence-corrected chi connectivity index (χ1v) is 7.14. The van der Waals surface area contributed by atoms with Gasteiger partial charge >= 0.3 is 0 Å². The summed E-state index contributed by atoms with van der Waals surface area (Å²) in [6.07, 6.45) is 5.11. The zero-order chi connectivity index (χ0) is 14.1. The van der Waals surface area contributed by atoms with Crippen molar-refractivity contribution in [3.8, 4) is 0 Å². The molecule has 1 unspecified atom stereocenters. The van der Waals surface area contributed by atoms with Crippen molar-refractivity contribution in [3.05, 3.63) is 46.5 Å². The van der Waals surface area contributed by atoms with Crippen molar-refractivity contribution in [2.75, 3.05) is 5.32 Å². The maximum Gasteiger partial charge on any atom is 0.227 e. The number of aryl methyl sites for hydroxylation is 1. The van der Waals surface area contributed by atoms with Crippen LogP contribution < -0.4 is 5.32 Å². The Hall–Kier alpha value is -1.52. The van der Waals surface area contributed by atoms with E-state index in [1.807, 2.05) is 6.20 Å². The van der Waals surface area contributed by atoms with E-state index < -0.39 is 0 Å². The molecule has 4 nitrogen and oxygen atoms in total. The average Bonchev–Trinajstić information content (AvgIpc) is 2.90. The summed E-state index contributed by atoms with van der Waals surface area (Å²) in [5, 5.41) is 3.90. The standard InChI is InChI=1S/C14H13Cl2N3O/c15-10-1-2-12(16)13(6-10)18-14(20)9-3-4-19-8-17-7-11(19)5-9/h1-2,6-9H,3-5H2,(H,18,20). The van der Waals surface area contributed by atoms with E-state index in [4.69, 9.17) is 23.2 Å². The highest BCUT2D eigenvalue weighted by molar-refractivity contribution is 6.35. The maximum absolute atomic E-state index is 12.3. The van der Waals surface area contributed by atoms with Crippen LogP contribution in [0.15, 0.2) is 30.7 Å². The number of rotatable bonds is 2. The van der Waals surface area contributed by atoms with Gasteiger partial charge in [0.1, 0.15) is 0 Å². The van der Waals surface area contributed by atoms with Gasteiger partial charge in [-0.2, -0.15) is 0 Å². The molecule has 0 fully saturated rings. The molecule has 0 saturated heterocycles. The highest BCUT2D eigenvalue weighted by atomic mass is 35.5. The van der Waals surface area contributed by atoms with Crippen molar-refractivity contribution in [1.82, 2.24) is 9.55 Å². The number of carbonyl (C=O) groups excluding carboxylic acids is 1. The second-order valence-corrected chi connectivity index (χ2v) is 5.73. The second kappa shape index (κ2) is 5.46. The minimum atomic E-state index is -0.0609. The Balaban J connectivity index is 1.73. The zero-order valence-corrected chi connectivity index (χ0v) is 12.2. The molecule has 104 valence electrons. The normalized spacial score (nSPS) is 17.6. The lowest BCUT2D eigenvalue weighted by atomic mass is 9.95. The fourth-order valence-corrected chi connectivity index (χ4v) is 2.76. The van der Waals surface area contributed by atoms with Crippen LogP contribution in [0.1, 0.15) is 12.1 Å². The lowest BCUT2D eigenvalue weighted by Crippen LogP contribution is -2.30. The van der Waals surface area contributed by atoms with E-state index >= 15 is 0 Å². The Bertz CT molecular complexity index is 654. The Morgan fingerprint density at radius 3 is 3.10 bits per heavy atom. The summed E-state index contributed by atoms with van der Waals surface area (Å²) < 4.78 is 2.08. The highest BCUT2D eigenvalue weighted by Gasteiger charge is 2.25. The van der Waals surface area contributed by atoms with Gasteiger partial charge in [0.05, 0.1) is 17.0 Å². The summed E-state index contributed by atoms with van der Waals surface area (Å²) >= 11 is 12.0. The third kappa shape index (κ3) is 2.67. The van der Waals surface area contributed by atoms with E-state index in [1.165, 1.54) is 0 Å². The molecule has 6 heteroatoms. The first-order chi connectivity index (χ1) is 9.63. The molecule has 2 aromatic rings. The minimum absolute atomic E-state index is 0.0263. The van der Waals surface area contributed by atoms with Crippen molar-refractivity contribution in [1.29, 1.82) is 0 Å². The monoisotopic (exact) mass is 309 g/mol. The molecule has 1 atom stereocenters. The quantitative estimate of drug-likeness (QED) is 0.924. The van der Waals surface area contributed by atoms with Gasteiger partial charge < -0.3 is 9.88 Å². The predicted octanol–water partition coefficient (Wildman–Crippen LogP) is 3.39. The van der Waals surface area contributed by atoms with Crippen LogP contribution in [0.25, 0.3) is 0 Å². The molecule has 3 rings (SSSR count). The van der Waals surface area contributed by atoms with Crippen LogP contribution in [-0.2, 0) is 17.8 Å². The smallest absolute Gasteiger partial charge is 0.227 e. The van der Waals surface area contributed by atoms with Gasteiger partial charge in [0.2, 0.25) is 5.91 Å². The SMILES string of the molecule is O=C(Nc1cc(Cl)ccc1Cl)C1CCn2cncc2C1. The lowest BCUT2D eigenvalue weighted by Gasteiger charge is -2.23. The van der Waals surface area contributed by atoms with Crippen LogP contribution in [0.2, 0.25) is 10.0 Å². The average molecular weight is 310 g/mol. The molecule has 1 aromatic carbocycles. The van der Waals surface area contributed by atoms with Gasteiger partial charge in [-0.15, -0.1) is 0 Å². The number of aromatic nitrogens is 2. The molecular weight excluding hydrogens is 297 g/mol. The second-order valence-electron chi connectivity index (χ2n) is 4.88. The van der Waals surface area contributed by atoms with Crippen molar-refractivity contribution >= 4 is 34.8 Å². The first kappa shape index (κ1) is 13.5. The van der Waals surface area contributed by atoms with Gasteiger partial charge in [-0.05, 0) is 24.6 Å². The van der Waals surface area contributed by atoms with Crippen molar-refractivity contribution < 1.29 is 4.79 Å². The molecule has 1 N–H and O–H groups in total. The number of fused-ring (bicyclic) bond motifs is 1. The number of anilines is 1. The molecule has 1 amide bonds. The molecule has 1 aliphatic rings. The van der Waals surface area contributed by atoms with Crippen molar-refractivity contribution in [2.24, 2.45) is 5.92 Å². The number of halogens is 2. The van der Waals surface area contributed by atoms with Crippen LogP contribution >= 0.6 is 23.2 Å². The van der Waals surface area contributed by atoms with Crippen LogP contribution in [-0.4, -0.2) is 15.5 Å². The Morgan fingerprint density at radius 1 is 1.40 bits per heavy atom. The molecule has 2 heterocycles. The summed E-state index contributed by atoms with van der Waals surface area (Å²) in [6, 6.07) is 5.03. The molecule has 0 spiro atoms. The number of nitrogens with one attached hydrogen (secondary N) is 1. The highest BCUT2D eigenvalue weighted by Crippen LogP contribution is 2.27. The largest absolute Gasteiger partial charge is 0.335 e. The van der Waals surface area contributed by atoms with Gasteiger partial charge in [0.15, 0.2) is 0 Å². The number of hydrogen-bond acceptors (Lipinski definition) is 2. The van der Waals surface area contributed by atoms with Crippen molar-refractivity contribution in [3.63, 3.8) is 0 Å². The van der Waals surface area contributed by atoms with E-state index in [0.717, 1.165) is 18.7 Å². The van der Waals surface area contributed by atoms with Crippen LogP contribution in [0, 0.1) is 5.92 Å². The fraction of sp³-hybridized carbons (Fsp3) is 0.286. The predicted molar refractivity (Wildman–Crippen MR) is 79.1 cm³/mol. The summed E-state index contributed by atoms with van der Waals surface area (Å²) in [6.45, 7) is 0.816. The summed E-state index contributed by atoms with van der Waals surface area (Å²) in [5.41, 5.74) is 1.65. The van der Waals surface area contributed by atoms with E-state index in [-0.39, 0.29) is 11.8 Å². The number of nitrogens with zero attached hydrogens (tertiary/aromatic N) is 2. The lowest BCUT2D eigenvalue weighted by molar-refractivity contribution is -0.120. The van der Waals surface area contributed by atoms with Gasteiger partial charge in [-0.25, -0.2) is 4.98 Å². The fourth-order valence-electron chi connectivity index (χ4n) is 2.42. The zero-order valence-electron chi connectivity index (χ0n) is 10.6. The number of carbonyl (C=O) groups is 1. The van der Waals surface area contributed by atoms with Crippen LogP contribution in [0.5, 0.6) is 0 Å². The van der Waals surface area contributed by atoms with Gasteiger partial charge in [-0.3, -0.25) is 4.79 Å². The third-order valence-electron chi connectivity index (χ3n) is 3.53. The van der Waals surface area contributed by atoms with E-state index in [9.17, 15) is 4.79 Å². The van der Waals surface area contributed by atoms with Crippen molar-refractivity contribution in [2.45, 2.75) is 19.4 Å². The summed E-state index contributed by atoms with van der Waals surface area (Å²) in [4.78, 5) is 16.4. The maximum atomic E-state index is 12.3. The van der Waals surface area contributed by atoms with E-state index in [0.29, 0.717) is 22.2 Å². The number of amides is 1. The van der Waals surface area contributed by atoms with Crippen LogP contribution in [0.4, 0.5) is 5.69 Å². The number of benzene rings is 1. The molecule has 0 aliphatic carbocycles. The third-order valence-corrected chi connectivity index (χ3v) is 4.09. The number of imidazole rings is 1. The van der Waals surface area contributed by atoms with Crippen LogP contribution in [0.3, 0.4) is 0 Å². The Labute approximate surface area is 126 Å². The first-order valence-electron chi connectivity index (χ1n) is 6.38. The Morgan fingerprint density at radius 2 is 2.25 bits per heavy atom. The summed E-state index contributed by atoms with van der Waals surface area (Å²) in [5.74, 6) is -0.0872.